The molecule has 22 nitrogen and oxygen atoms in total. The Balaban J connectivity index is -0.000000177. The van der Waals surface area contributed by atoms with Crippen molar-refractivity contribution < 1.29 is 105 Å². The summed E-state index contributed by atoms with van der Waals surface area (Å²) in [5, 5.41) is 9.17. The predicted molar refractivity (Wildman–Crippen MR) is 251 cm³/mol. The number of carbonyl (C=O) groups is 13. The van der Waals surface area contributed by atoms with Crippen LogP contribution < -0.4 is 0 Å². The normalized spacial score (nSPS) is 11.0. The van der Waals surface area contributed by atoms with Gasteiger partial charge in [0.1, 0.15) is 80.6 Å². The Morgan fingerprint density at radius 2 is 0.786 bits per heavy atom. The third kappa shape index (κ3) is 66.3. The Hall–Kier alpha value is -5.93. The summed E-state index contributed by atoms with van der Waals surface area (Å²) in [6, 6.07) is 0. The van der Waals surface area contributed by atoms with Gasteiger partial charge in [-0.3, -0.25) is 52.7 Å². The molecule has 0 bridgehead atoms. The molecule has 22 heteroatoms. The first-order chi connectivity index (χ1) is 32.0. The molecule has 0 amide bonds. The highest BCUT2D eigenvalue weighted by Crippen LogP contribution is 2.16. The number of hydrogen-bond donors (Lipinski definition) is 1. The van der Waals surface area contributed by atoms with Crippen molar-refractivity contribution >= 4 is 76.7 Å². The molecule has 0 heterocycles. The number of aliphatic hydroxyl groups excluding tert-OH is 1. The number of aliphatic hydroxyl groups is 1. The van der Waals surface area contributed by atoms with Crippen LogP contribution in [-0.2, 0) is 100 Å². The van der Waals surface area contributed by atoms with E-state index < -0.39 is 35.3 Å². The first kappa shape index (κ1) is 75.6. The molecule has 1 N–H and O–H groups in total. The fourth-order valence-electron chi connectivity index (χ4n) is 3.20. The summed E-state index contributed by atoms with van der Waals surface area (Å²) in [5.74, 6) is -4.13. The van der Waals surface area contributed by atoms with Crippen LogP contribution in [0.3, 0.4) is 0 Å². The minimum absolute atomic E-state index is 0.0178. The molecule has 0 rings (SSSR count). The zero-order chi connectivity index (χ0) is 56.2. The molecule has 0 fully saturated rings. The molecule has 0 radical (unpaired) electrons. The predicted octanol–water partition coefficient (Wildman–Crippen LogP) is 4.59. The highest BCUT2D eigenvalue weighted by atomic mass is 16.6. The maximum Gasteiger partial charge on any atom is 0.316 e. The van der Waals surface area contributed by atoms with Crippen LogP contribution in [0.2, 0.25) is 0 Å². The highest BCUT2D eigenvalue weighted by molar-refractivity contribution is 5.97. The van der Waals surface area contributed by atoms with E-state index in [0.717, 1.165) is 12.8 Å². The Kier molecular flexibility index (Phi) is 50.5. The summed E-state index contributed by atoms with van der Waals surface area (Å²) in [7, 11) is 0. The molecule has 0 aromatic rings. The van der Waals surface area contributed by atoms with Crippen LogP contribution >= 0.6 is 0 Å². The van der Waals surface area contributed by atoms with Gasteiger partial charge in [0.25, 0.3) is 0 Å². The van der Waals surface area contributed by atoms with E-state index >= 15 is 0 Å². The maximum absolute atomic E-state index is 11.0. The third-order valence-electron chi connectivity index (χ3n) is 7.99. The van der Waals surface area contributed by atoms with Crippen molar-refractivity contribution in [3.05, 3.63) is 0 Å². The summed E-state index contributed by atoms with van der Waals surface area (Å²) in [6.07, 6.45) is 2.34. The van der Waals surface area contributed by atoms with Crippen molar-refractivity contribution in [2.75, 3.05) is 52.9 Å². The van der Waals surface area contributed by atoms with Crippen molar-refractivity contribution in [2.45, 2.75) is 156 Å². The second-order valence-electron chi connectivity index (χ2n) is 16.3. The fourth-order valence-corrected chi connectivity index (χ4v) is 3.20. The van der Waals surface area contributed by atoms with Crippen LogP contribution in [0.1, 0.15) is 150 Å². The molecule has 0 saturated heterocycles. The summed E-state index contributed by atoms with van der Waals surface area (Å²) in [6.45, 7) is 26.2. The number of carbonyl (C=O) groups excluding carboxylic acids is 13. The van der Waals surface area contributed by atoms with E-state index in [2.05, 4.69) is 28.4 Å². The number of esters is 8. The first-order valence-electron chi connectivity index (χ1n) is 22.4. The molecule has 0 aliphatic heterocycles. The molecular weight excluding hydrogens is 929 g/mol. The number of rotatable bonds is 25. The van der Waals surface area contributed by atoms with E-state index in [-0.39, 0.29) is 110 Å². The molecule has 0 saturated carbocycles. The monoisotopic (exact) mass is 1010 g/mol. The van der Waals surface area contributed by atoms with Gasteiger partial charge in [-0.25, -0.2) is 0 Å². The van der Waals surface area contributed by atoms with E-state index in [9.17, 15) is 67.4 Å². The minimum atomic E-state index is -0.957. The van der Waals surface area contributed by atoms with Gasteiger partial charge in [0.2, 0.25) is 0 Å². The number of ether oxygens (including phenoxy) is 8. The van der Waals surface area contributed by atoms with Crippen molar-refractivity contribution in [3.8, 4) is 0 Å². The molecule has 70 heavy (non-hydrogen) atoms. The molecular formula is C48H82O22. The Labute approximate surface area is 413 Å². The van der Waals surface area contributed by atoms with Crippen molar-refractivity contribution in [3.63, 3.8) is 0 Å². The van der Waals surface area contributed by atoms with Gasteiger partial charge in [-0.05, 0) is 74.7 Å². The lowest BCUT2D eigenvalue weighted by Crippen LogP contribution is -2.28. The van der Waals surface area contributed by atoms with E-state index in [4.69, 9.17) is 9.47 Å². The van der Waals surface area contributed by atoms with Gasteiger partial charge in [-0.2, -0.15) is 0 Å². The van der Waals surface area contributed by atoms with Crippen molar-refractivity contribution in [2.24, 2.45) is 23.2 Å². The van der Waals surface area contributed by atoms with Gasteiger partial charge in [-0.15, -0.1) is 0 Å². The number of Topliss-reactive ketones (excluding diaryl/α,β-unsaturated/α-hetero) is 5. The minimum Gasteiger partial charge on any atom is -0.466 e. The summed E-state index contributed by atoms with van der Waals surface area (Å²) < 4.78 is 37.0. The number of hydrogen-bond acceptors (Lipinski definition) is 22. The highest BCUT2D eigenvalue weighted by Gasteiger charge is 2.25. The molecule has 0 aliphatic carbocycles. The fraction of sp³-hybridized carbons (Fsp3) is 0.729. The number of unbranched alkanes of at least 4 members (excludes halogenated alkanes) is 1. The summed E-state index contributed by atoms with van der Waals surface area (Å²) >= 11 is 0. The molecule has 0 aliphatic rings. The van der Waals surface area contributed by atoms with Gasteiger partial charge >= 0.3 is 47.8 Å². The average molecular weight is 1010 g/mol. The van der Waals surface area contributed by atoms with Crippen LogP contribution in [0.25, 0.3) is 0 Å². The van der Waals surface area contributed by atoms with E-state index in [1.165, 1.54) is 76.2 Å². The zero-order valence-corrected chi connectivity index (χ0v) is 44.5. The van der Waals surface area contributed by atoms with E-state index in [1.807, 2.05) is 0 Å². The molecule has 406 valence electrons. The summed E-state index contributed by atoms with van der Waals surface area (Å²) in [5.41, 5.74) is -0.550. The molecule has 3 unspecified atom stereocenters. The quantitative estimate of drug-likeness (QED) is 0.0565. The lowest BCUT2D eigenvalue weighted by atomic mass is 9.90. The van der Waals surface area contributed by atoms with Crippen LogP contribution in [0.5, 0.6) is 0 Å². The second-order valence-corrected chi connectivity index (χ2v) is 16.3. The molecule has 0 aromatic heterocycles. The second kappa shape index (κ2) is 46.8. The van der Waals surface area contributed by atoms with Crippen LogP contribution in [0.4, 0.5) is 0 Å². The smallest absolute Gasteiger partial charge is 0.316 e. The first-order valence-corrected chi connectivity index (χ1v) is 22.4. The van der Waals surface area contributed by atoms with Gasteiger partial charge in [0.05, 0.1) is 24.5 Å². The maximum atomic E-state index is 11.0. The van der Waals surface area contributed by atoms with Gasteiger partial charge in [-0.1, -0.05) is 20.8 Å². The zero-order valence-electron chi connectivity index (χ0n) is 44.5. The number of ketones is 5. The van der Waals surface area contributed by atoms with Crippen LogP contribution in [0, 0.1) is 23.2 Å². The average Bonchev–Trinajstić information content (AvgIpc) is 3.23. The molecule has 3 atom stereocenters. The van der Waals surface area contributed by atoms with E-state index in [0.29, 0.717) is 32.5 Å². The lowest BCUT2D eigenvalue weighted by molar-refractivity contribution is -0.156. The summed E-state index contributed by atoms with van der Waals surface area (Å²) in [4.78, 5) is 137. The Bertz CT molecular complexity index is 1580. The Morgan fingerprint density at radius 3 is 1.16 bits per heavy atom. The van der Waals surface area contributed by atoms with Crippen LogP contribution in [0.15, 0.2) is 0 Å². The van der Waals surface area contributed by atoms with E-state index in [1.54, 1.807) is 41.5 Å². The van der Waals surface area contributed by atoms with Gasteiger partial charge in [0.15, 0.2) is 0 Å². The SMILES string of the molecule is CC(=O)CCCCOC(C)=O.CC(=O)CCCOC(C)=O.CC(=O)OCC(C)(C)C(C)=O.CC(=O)OCC(C)C(C)=O.CC(=O)OCC(O)COC(=O)C(C)C.CC(=O)OCCOC(=O)C(C)C(C)=O. The third-order valence-corrected chi connectivity index (χ3v) is 7.99. The standard InChI is InChI=1S/C9H16O5.C9H14O5.2C8H14O3.2C7H12O3/c1-6(2)9(12)14-5-8(11)4-13-7(3)10;1-6(7(2)10)9(12)14-5-4-13-8(3)11;1-6(9)8(3,4)5-11-7(2)10;1-7(9)5-3-4-6-11-8(2)10;1-5(6(2)8)4-10-7(3)9;1-6(8)4-3-5-10-7(2)9/h6,8,11H,4-5H2,1-3H3;6H,4-5H2,1-3H3;5H2,1-4H3;3-6H2,1-2H3;5H,4H2,1-3H3;3-5H2,1-2H3. The van der Waals surface area contributed by atoms with Crippen molar-refractivity contribution in [1.29, 1.82) is 0 Å². The molecule has 0 spiro atoms. The van der Waals surface area contributed by atoms with Gasteiger partial charge < -0.3 is 52.6 Å². The van der Waals surface area contributed by atoms with Crippen LogP contribution in [-0.4, -0.2) is 141 Å². The largest absolute Gasteiger partial charge is 0.466 e. The van der Waals surface area contributed by atoms with Crippen molar-refractivity contribution in [1.82, 2.24) is 0 Å². The Morgan fingerprint density at radius 1 is 0.414 bits per heavy atom. The topological polar surface area (TPSA) is 316 Å². The van der Waals surface area contributed by atoms with Gasteiger partial charge in [0, 0.05) is 60.3 Å². The molecule has 0 aromatic carbocycles. The lowest BCUT2D eigenvalue weighted by Gasteiger charge is -2.19.